The molecular formula is C8H15NO. The molecule has 1 unspecified atom stereocenters. The number of hydrogen-bond acceptors (Lipinski definition) is 2. The van der Waals surface area contributed by atoms with Crippen LogP contribution in [0.25, 0.3) is 0 Å². The maximum atomic E-state index is 9.89. The van der Waals surface area contributed by atoms with Gasteiger partial charge in [-0.1, -0.05) is 20.8 Å². The fourth-order valence-corrected chi connectivity index (χ4v) is 0.549. The van der Waals surface area contributed by atoms with Gasteiger partial charge in [-0.3, -0.25) is 0 Å². The van der Waals surface area contributed by atoms with Gasteiger partial charge in [0, 0.05) is 0 Å². The minimum atomic E-state index is 0.0787. The van der Waals surface area contributed by atoms with Crippen LogP contribution < -0.4 is 0 Å². The minimum absolute atomic E-state index is 0.0787. The van der Waals surface area contributed by atoms with Crippen molar-refractivity contribution in [3.8, 4) is 0 Å². The fraction of sp³-hybridized carbons (Fsp3) is 0.875. The van der Waals surface area contributed by atoms with E-state index in [0.29, 0.717) is 0 Å². The standard InChI is InChI=1S/C8H15NO/c1-5-8(3,4)7(2)9-6-10/h7H,5H2,1-4H3. The van der Waals surface area contributed by atoms with E-state index < -0.39 is 0 Å². The predicted octanol–water partition coefficient (Wildman–Crippen LogP) is 2.15. The van der Waals surface area contributed by atoms with Gasteiger partial charge in [0.05, 0.1) is 6.04 Å². The Morgan fingerprint density at radius 3 is 2.40 bits per heavy atom. The van der Waals surface area contributed by atoms with Crippen LogP contribution in [0.2, 0.25) is 0 Å². The summed E-state index contributed by atoms with van der Waals surface area (Å²) in [6.45, 7) is 8.22. The van der Waals surface area contributed by atoms with E-state index in [1.807, 2.05) is 6.92 Å². The van der Waals surface area contributed by atoms with E-state index in [1.54, 1.807) is 6.08 Å². The predicted molar refractivity (Wildman–Crippen MR) is 41.7 cm³/mol. The van der Waals surface area contributed by atoms with Crippen molar-refractivity contribution in [3.05, 3.63) is 0 Å². The number of carbonyl (C=O) groups excluding carboxylic acids is 1. The lowest BCUT2D eigenvalue weighted by atomic mass is 9.83. The van der Waals surface area contributed by atoms with E-state index in [0.717, 1.165) is 6.42 Å². The van der Waals surface area contributed by atoms with Crippen LogP contribution in [-0.4, -0.2) is 12.1 Å². The Labute approximate surface area is 62.4 Å². The molecule has 0 fully saturated rings. The van der Waals surface area contributed by atoms with E-state index >= 15 is 0 Å². The van der Waals surface area contributed by atoms with Gasteiger partial charge < -0.3 is 0 Å². The second-order valence-corrected chi connectivity index (χ2v) is 3.24. The summed E-state index contributed by atoms with van der Waals surface area (Å²) in [5.74, 6) is 0. The molecule has 0 saturated carbocycles. The molecule has 0 aromatic carbocycles. The van der Waals surface area contributed by atoms with Gasteiger partial charge in [0.1, 0.15) is 0 Å². The van der Waals surface area contributed by atoms with Crippen LogP contribution in [0.1, 0.15) is 34.1 Å². The topological polar surface area (TPSA) is 29.4 Å². The van der Waals surface area contributed by atoms with Crippen LogP contribution in [0.5, 0.6) is 0 Å². The van der Waals surface area contributed by atoms with Crippen molar-refractivity contribution in [2.24, 2.45) is 10.4 Å². The second-order valence-electron chi connectivity index (χ2n) is 3.24. The van der Waals surface area contributed by atoms with Crippen molar-refractivity contribution >= 4 is 6.08 Å². The Bertz CT molecular complexity index is 145. The molecule has 0 radical (unpaired) electrons. The Balaban J connectivity index is 4.16. The number of hydrogen-bond donors (Lipinski definition) is 0. The molecule has 0 aliphatic rings. The van der Waals surface area contributed by atoms with Crippen molar-refractivity contribution < 1.29 is 4.79 Å². The molecule has 58 valence electrons. The Morgan fingerprint density at radius 1 is 1.60 bits per heavy atom. The molecule has 10 heavy (non-hydrogen) atoms. The lowest BCUT2D eigenvalue weighted by Gasteiger charge is -2.25. The van der Waals surface area contributed by atoms with Crippen molar-refractivity contribution in [2.45, 2.75) is 40.2 Å². The summed E-state index contributed by atoms with van der Waals surface area (Å²) in [6, 6.07) is 0.0787. The quantitative estimate of drug-likeness (QED) is 0.437. The summed E-state index contributed by atoms with van der Waals surface area (Å²) >= 11 is 0. The Kier molecular flexibility index (Phi) is 3.31. The smallest absolute Gasteiger partial charge is 0.211 e. The third kappa shape index (κ3) is 2.32. The van der Waals surface area contributed by atoms with Crippen molar-refractivity contribution in [3.63, 3.8) is 0 Å². The normalized spacial score (nSPS) is 14.0. The van der Waals surface area contributed by atoms with Gasteiger partial charge in [-0.25, -0.2) is 9.79 Å². The van der Waals surface area contributed by atoms with Gasteiger partial charge in [0.2, 0.25) is 6.08 Å². The molecule has 0 aromatic rings. The Hall–Kier alpha value is -0.620. The molecule has 2 nitrogen and oxygen atoms in total. The van der Waals surface area contributed by atoms with Crippen LogP contribution in [0.3, 0.4) is 0 Å². The highest BCUT2D eigenvalue weighted by molar-refractivity contribution is 5.33. The van der Waals surface area contributed by atoms with Crippen LogP contribution >= 0.6 is 0 Å². The van der Waals surface area contributed by atoms with E-state index in [4.69, 9.17) is 0 Å². The number of nitrogens with zero attached hydrogens (tertiary/aromatic N) is 1. The maximum absolute atomic E-state index is 9.89. The second kappa shape index (κ2) is 3.52. The van der Waals surface area contributed by atoms with Crippen molar-refractivity contribution in [2.75, 3.05) is 0 Å². The Morgan fingerprint density at radius 2 is 2.10 bits per heavy atom. The summed E-state index contributed by atoms with van der Waals surface area (Å²) in [6.07, 6.45) is 2.61. The average molecular weight is 141 g/mol. The van der Waals surface area contributed by atoms with E-state index in [-0.39, 0.29) is 11.5 Å². The van der Waals surface area contributed by atoms with Gasteiger partial charge >= 0.3 is 0 Å². The summed E-state index contributed by atoms with van der Waals surface area (Å²) in [4.78, 5) is 13.5. The molecule has 0 rings (SSSR count). The monoisotopic (exact) mass is 141 g/mol. The highest BCUT2D eigenvalue weighted by Crippen LogP contribution is 2.26. The van der Waals surface area contributed by atoms with Gasteiger partial charge in [-0.2, -0.15) is 0 Å². The SMILES string of the molecule is CCC(C)(C)C(C)N=C=O. The van der Waals surface area contributed by atoms with Gasteiger partial charge in [0.15, 0.2) is 0 Å². The molecule has 0 amide bonds. The first-order valence-electron chi connectivity index (χ1n) is 3.61. The van der Waals surface area contributed by atoms with E-state index in [1.165, 1.54) is 0 Å². The molecule has 0 aromatic heterocycles. The third-order valence-corrected chi connectivity index (χ3v) is 2.29. The first kappa shape index (κ1) is 9.38. The molecule has 0 heterocycles. The van der Waals surface area contributed by atoms with Crippen molar-refractivity contribution in [1.29, 1.82) is 0 Å². The first-order valence-corrected chi connectivity index (χ1v) is 3.61. The molecular weight excluding hydrogens is 126 g/mol. The molecule has 0 bridgehead atoms. The van der Waals surface area contributed by atoms with Gasteiger partial charge in [-0.15, -0.1) is 0 Å². The summed E-state index contributed by atoms with van der Waals surface area (Å²) in [5.41, 5.74) is 0.122. The van der Waals surface area contributed by atoms with Crippen LogP contribution in [0.4, 0.5) is 0 Å². The summed E-state index contributed by atoms with van der Waals surface area (Å²) < 4.78 is 0. The molecule has 1 atom stereocenters. The average Bonchev–Trinajstić information content (AvgIpc) is 1.89. The zero-order valence-corrected chi connectivity index (χ0v) is 7.14. The largest absolute Gasteiger partial charge is 0.235 e. The molecule has 0 N–H and O–H groups in total. The molecule has 2 heteroatoms. The van der Waals surface area contributed by atoms with E-state index in [2.05, 4.69) is 25.8 Å². The van der Waals surface area contributed by atoms with Crippen LogP contribution in [-0.2, 0) is 4.79 Å². The third-order valence-electron chi connectivity index (χ3n) is 2.29. The number of rotatable bonds is 3. The number of isocyanates is 1. The first-order chi connectivity index (χ1) is 4.54. The minimum Gasteiger partial charge on any atom is -0.211 e. The lowest BCUT2D eigenvalue weighted by molar-refractivity contribution is 0.291. The summed E-state index contributed by atoms with van der Waals surface area (Å²) in [7, 11) is 0. The number of aliphatic imine (C=N–C) groups is 1. The lowest BCUT2D eigenvalue weighted by Crippen LogP contribution is -2.23. The highest BCUT2D eigenvalue weighted by Gasteiger charge is 2.22. The van der Waals surface area contributed by atoms with Crippen LogP contribution in [0, 0.1) is 5.41 Å². The van der Waals surface area contributed by atoms with E-state index in [9.17, 15) is 4.79 Å². The molecule has 0 spiro atoms. The zero-order valence-electron chi connectivity index (χ0n) is 7.14. The van der Waals surface area contributed by atoms with Crippen molar-refractivity contribution in [1.82, 2.24) is 0 Å². The molecule has 0 saturated heterocycles. The maximum Gasteiger partial charge on any atom is 0.235 e. The van der Waals surface area contributed by atoms with Gasteiger partial charge in [0.25, 0.3) is 0 Å². The van der Waals surface area contributed by atoms with Crippen LogP contribution in [0.15, 0.2) is 4.99 Å². The zero-order chi connectivity index (χ0) is 8.20. The molecule has 0 aliphatic carbocycles. The highest BCUT2D eigenvalue weighted by atomic mass is 16.1. The summed E-state index contributed by atoms with van der Waals surface area (Å²) in [5, 5.41) is 0. The fourth-order valence-electron chi connectivity index (χ4n) is 0.549. The van der Waals surface area contributed by atoms with Gasteiger partial charge in [-0.05, 0) is 18.8 Å². The molecule has 0 aliphatic heterocycles.